The van der Waals surface area contributed by atoms with E-state index >= 15 is 0 Å². The van der Waals surface area contributed by atoms with Crippen LogP contribution in [0.4, 0.5) is 0 Å². The minimum Gasteiger partial charge on any atom is -0.274 e. The van der Waals surface area contributed by atoms with Crippen LogP contribution in [0, 0.1) is 0 Å². The quantitative estimate of drug-likeness (QED) is 0.413. The molecule has 1 fully saturated rings. The van der Waals surface area contributed by atoms with Gasteiger partial charge < -0.3 is 0 Å². The lowest BCUT2D eigenvalue weighted by Gasteiger charge is -2.08. The van der Waals surface area contributed by atoms with Crippen LogP contribution in [0.2, 0.25) is 0 Å². The Hall–Kier alpha value is -0.160. The van der Waals surface area contributed by atoms with Crippen molar-refractivity contribution in [2.24, 2.45) is 0 Å². The van der Waals surface area contributed by atoms with Crippen molar-refractivity contribution in [1.29, 1.82) is 0 Å². The Labute approximate surface area is 35.3 Å². The summed E-state index contributed by atoms with van der Waals surface area (Å²) in [6, 6.07) is 0. The van der Waals surface area contributed by atoms with Gasteiger partial charge in [0.2, 0.25) is 0 Å². The van der Waals surface area contributed by atoms with E-state index in [0.29, 0.717) is 13.2 Å². The molecular weight excluding hydrogens is 84.0 g/mol. The molecule has 0 amide bonds. The van der Waals surface area contributed by atoms with E-state index < -0.39 is 0 Å². The van der Waals surface area contributed by atoms with Crippen LogP contribution in [-0.4, -0.2) is 13.2 Å². The average molecular weight is 89.1 g/mol. The smallest absolute Gasteiger partial charge is 0.0877 e. The van der Waals surface area contributed by atoms with Gasteiger partial charge in [0.05, 0.1) is 13.2 Å². The second-order valence-corrected chi connectivity index (χ2v) is 0.876. The number of hydrogen-bond acceptors (Lipinski definition) is 3. The van der Waals surface area contributed by atoms with E-state index in [9.17, 15) is 0 Å². The molecule has 0 bridgehead atoms. The maximum Gasteiger partial charge on any atom is 0.0877 e. The normalized spacial score (nSPS) is 24.0. The molecule has 1 rings (SSSR count). The third-order valence-corrected chi connectivity index (χ3v) is 0.445. The lowest BCUT2D eigenvalue weighted by molar-refractivity contribution is -0.247. The van der Waals surface area contributed by atoms with Gasteiger partial charge in [0.15, 0.2) is 0 Å². The van der Waals surface area contributed by atoms with Crippen LogP contribution in [0.15, 0.2) is 0 Å². The van der Waals surface area contributed by atoms with E-state index in [-0.39, 0.29) is 0 Å². The first-order valence-electron chi connectivity index (χ1n) is 1.70. The van der Waals surface area contributed by atoms with Gasteiger partial charge in [-0.3, -0.25) is 4.84 Å². The van der Waals surface area contributed by atoms with E-state index in [1.807, 2.05) is 0 Å². The number of hydrogen-bond donors (Lipinski definition) is 1. The Kier molecular flexibility index (Phi) is 1.40. The van der Waals surface area contributed by atoms with Crippen LogP contribution in [0.5, 0.6) is 0 Å². The highest BCUT2D eigenvalue weighted by Crippen LogP contribution is 1.73. The molecule has 0 atom stereocenters. The molecule has 0 spiro atoms. The number of nitrogens with one attached hydrogen (secondary N) is 1. The largest absolute Gasteiger partial charge is 0.274 e. The second kappa shape index (κ2) is 2.09. The third kappa shape index (κ3) is 0.908. The van der Waals surface area contributed by atoms with E-state index in [4.69, 9.17) is 0 Å². The minimum atomic E-state index is 0.597. The first kappa shape index (κ1) is 4.01. The Balaban J connectivity index is 2.00. The fraction of sp³-hybridized carbons (Fsp3) is 1.00. The number of rotatable bonds is 0. The summed E-state index contributed by atoms with van der Waals surface area (Å²) in [4.78, 5) is 8.73. The Morgan fingerprint density at radius 1 is 1.67 bits per heavy atom. The molecule has 0 unspecified atom stereocenters. The highest BCUT2D eigenvalue weighted by atomic mass is 17.0. The molecule has 0 saturated carbocycles. The standard InChI is InChI=1S/C2H5N2O2/c1-2-5-4-6-3-1/h4H,1-2H2. The predicted octanol–water partition coefficient (Wildman–Crippen LogP) is -1.03. The van der Waals surface area contributed by atoms with E-state index in [0.717, 1.165) is 0 Å². The fourth-order valence-corrected chi connectivity index (χ4v) is 0.223. The molecule has 1 saturated heterocycles. The van der Waals surface area contributed by atoms with Crippen LogP contribution < -0.4 is 11.1 Å². The van der Waals surface area contributed by atoms with Gasteiger partial charge in [0.25, 0.3) is 0 Å². The summed E-state index contributed by atoms with van der Waals surface area (Å²) in [6.07, 6.45) is 0. The summed E-state index contributed by atoms with van der Waals surface area (Å²) in [7, 11) is 0. The SMILES string of the molecule is C1CONO[N]1. The number of hydroxylamine groups is 1. The summed E-state index contributed by atoms with van der Waals surface area (Å²) < 4.78 is 0. The summed E-state index contributed by atoms with van der Waals surface area (Å²) in [5.41, 5.74) is 5.56. The maximum absolute atomic E-state index is 4.50. The summed E-state index contributed by atoms with van der Waals surface area (Å²) >= 11 is 0. The van der Waals surface area contributed by atoms with Crippen LogP contribution >= 0.6 is 0 Å². The molecule has 6 heavy (non-hydrogen) atoms. The van der Waals surface area contributed by atoms with Crippen LogP contribution in [0.3, 0.4) is 0 Å². The molecule has 1 aliphatic rings. The summed E-state index contributed by atoms with van der Waals surface area (Å²) in [5.74, 6) is 0. The fourth-order valence-electron chi connectivity index (χ4n) is 0.223. The predicted molar refractivity (Wildman–Crippen MR) is 17.2 cm³/mol. The van der Waals surface area contributed by atoms with Crippen molar-refractivity contribution >= 4 is 0 Å². The maximum atomic E-state index is 4.50. The Morgan fingerprint density at radius 3 is 2.83 bits per heavy atom. The van der Waals surface area contributed by atoms with Crippen molar-refractivity contribution < 1.29 is 9.78 Å². The summed E-state index contributed by atoms with van der Waals surface area (Å²) in [6.45, 7) is 1.22. The topological polar surface area (TPSA) is 44.6 Å². The van der Waals surface area contributed by atoms with Gasteiger partial charge in [-0.15, -0.1) is 0 Å². The average Bonchev–Trinajstić information content (AvgIpc) is 1.72. The van der Waals surface area contributed by atoms with Gasteiger partial charge in [-0.05, 0) is 0 Å². The highest BCUT2D eigenvalue weighted by molar-refractivity contribution is 4.27. The minimum absolute atomic E-state index is 0.597. The van der Waals surface area contributed by atoms with Crippen molar-refractivity contribution in [3.05, 3.63) is 0 Å². The molecule has 0 aromatic rings. The molecule has 1 aliphatic heterocycles. The molecule has 4 heteroatoms. The monoisotopic (exact) mass is 89.0 g/mol. The van der Waals surface area contributed by atoms with Gasteiger partial charge in [-0.25, -0.2) is 0 Å². The third-order valence-electron chi connectivity index (χ3n) is 0.445. The molecule has 1 heterocycles. The van der Waals surface area contributed by atoms with Gasteiger partial charge in [0, 0.05) is 0 Å². The van der Waals surface area contributed by atoms with Crippen molar-refractivity contribution in [2.75, 3.05) is 13.2 Å². The molecule has 0 aliphatic carbocycles. The van der Waals surface area contributed by atoms with Crippen molar-refractivity contribution in [1.82, 2.24) is 11.1 Å². The first-order valence-corrected chi connectivity index (χ1v) is 1.70. The van der Waals surface area contributed by atoms with Crippen LogP contribution in [0.25, 0.3) is 0 Å². The molecule has 35 valence electrons. The van der Waals surface area contributed by atoms with E-state index in [1.165, 1.54) is 0 Å². The van der Waals surface area contributed by atoms with Crippen molar-refractivity contribution in [2.45, 2.75) is 0 Å². The number of nitrogens with zero attached hydrogens (tertiary/aromatic N) is 1. The van der Waals surface area contributed by atoms with E-state index in [2.05, 4.69) is 20.9 Å². The van der Waals surface area contributed by atoms with Crippen molar-refractivity contribution in [3.63, 3.8) is 0 Å². The van der Waals surface area contributed by atoms with Gasteiger partial charge >= 0.3 is 0 Å². The first-order chi connectivity index (χ1) is 3.00. The van der Waals surface area contributed by atoms with Crippen molar-refractivity contribution in [3.8, 4) is 0 Å². The van der Waals surface area contributed by atoms with Crippen LogP contribution in [-0.2, 0) is 9.78 Å². The van der Waals surface area contributed by atoms with Crippen LogP contribution in [0.1, 0.15) is 0 Å². The zero-order chi connectivity index (χ0) is 4.24. The lowest BCUT2D eigenvalue weighted by atomic mass is 10.7. The zero-order valence-corrected chi connectivity index (χ0v) is 3.18. The van der Waals surface area contributed by atoms with E-state index in [1.54, 1.807) is 0 Å². The summed E-state index contributed by atoms with van der Waals surface area (Å²) in [5, 5.41) is 0. The van der Waals surface area contributed by atoms with Gasteiger partial charge in [-0.1, -0.05) is 11.1 Å². The Bertz CT molecular complexity index is 25.0. The van der Waals surface area contributed by atoms with Gasteiger partial charge in [-0.2, -0.15) is 4.94 Å². The molecule has 1 N–H and O–H groups in total. The van der Waals surface area contributed by atoms with Gasteiger partial charge in [0.1, 0.15) is 0 Å². The molecular formula is C2H5N2O2. The molecule has 1 radical (unpaired) electrons. The molecule has 0 aromatic heterocycles. The Morgan fingerprint density at radius 2 is 2.67 bits per heavy atom. The zero-order valence-electron chi connectivity index (χ0n) is 3.18. The highest BCUT2D eigenvalue weighted by Gasteiger charge is 1.94. The lowest BCUT2D eigenvalue weighted by Crippen LogP contribution is -2.31. The molecule has 0 aromatic carbocycles. The second-order valence-electron chi connectivity index (χ2n) is 0.876. The molecule has 4 nitrogen and oxygen atoms in total.